The lowest BCUT2D eigenvalue weighted by molar-refractivity contribution is 0.101. The number of hydrogen-bond acceptors (Lipinski definition) is 4. The third-order valence-corrected chi connectivity index (χ3v) is 4.59. The van der Waals surface area contributed by atoms with E-state index >= 15 is 0 Å². The zero-order chi connectivity index (χ0) is 15.4. The van der Waals surface area contributed by atoms with E-state index in [0.717, 1.165) is 49.3 Å². The lowest BCUT2D eigenvalue weighted by Crippen LogP contribution is -2.48. The first-order valence-electron chi connectivity index (χ1n) is 7.40. The minimum absolute atomic E-state index is 0.0990. The first-order valence-corrected chi connectivity index (χ1v) is 8.19. The number of hydrogen-bond donors (Lipinski definition) is 0. The van der Waals surface area contributed by atoms with Crippen molar-refractivity contribution in [2.45, 2.75) is 6.92 Å². The molecule has 4 nitrogen and oxygen atoms in total. The molecule has 0 N–H and O–H groups in total. The topological polar surface area (TPSA) is 26.8 Å². The van der Waals surface area contributed by atoms with Crippen LogP contribution in [-0.4, -0.2) is 68.9 Å². The van der Waals surface area contributed by atoms with Crippen LogP contribution < -0.4 is 4.90 Å². The Morgan fingerprint density at radius 2 is 1.90 bits per heavy atom. The standard InChI is InChI=1S/C16H24BrN3O/c1-13(21)15-5-4-14(12-16(15)17)20-10-8-19(9-11-20)7-6-18(2)3/h4-5,12H,6-11H2,1-3H3. The molecule has 1 heterocycles. The molecule has 0 spiro atoms. The van der Waals surface area contributed by atoms with E-state index in [4.69, 9.17) is 0 Å². The van der Waals surface area contributed by atoms with Crippen molar-refractivity contribution in [1.29, 1.82) is 0 Å². The highest BCUT2D eigenvalue weighted by Gasteiger charge is 2.18. The summed E-state index contributed by atoms with van der Waals surface area (Å²) in [6, 6.07) is 6.03. The van der Waals surface area contributed by atoms with Gasteiger partial charge in [-0.15, -0.1) is 0 Å². The normalized spacial score (nSPS) is 16.5. The summed E-state index contributed by atoms with van der Waals surface area (Å²) in [6.45, 7) is 8.12. The molecule has 1 saturated heterocycles. The van der Waals surface area contributed by atoms with Crippen molar-refractivity contribution in [2.75, 3.05) is 58.3 Å². The van der Waals surface area contributed by atoms with Crippen LogP contribution in [0.3, 0.4) is 0 Å². The van der Waals surface area contributed by atoms with E-state index in [2.05, 4.69) is 56.9 Å². The zero-order valence-corrected chi connectivity index (χ0v) is 14.7. The van der Waals surface area contributed by atoms with Crippen LogP contribution in [-0.2, 0) is 0 Å². The maximum atomic E-state index is 11.5. The molecular weight excluding hydrogens is 330 g/mol. The average Bonchev–Trinajstić information content (AvgIpc) is 2.45. The van der Waals surface area contributed by atoms with Gasteiger partial charge in [0.05, 0.1) is 0 Å². The summed E-state index contributed by atoms with van der Waals surface area (Å²) < 4.78 is 0.891. The highest BCUT2D eigenvalue weighted by atomic mass is 79.9. The van der Waals surface area contributed by atoms with Crippen molar-refractivity contribution in [2.24, 2.45) is 0 Å². The van der Waals surface area contributed by atoms with Crippen LogP contribution in [0.1, 0.15) is 17.3 Å². The summed E-state index contributed by atoms with van der Waals surface area (Å²) in [4.78, 5) is 18.6. The number of halogens is 1. The molecule has 116 valence electrons. The number of ketones is 1. The Morgan fingerprint density at radius 3 is 2.43 bits per heavy atom. The molecule has 1 aromatic rings. The van der Waals surface area contributed by atoms with E-state index in [0.29, 0.717) is 0 Å². The Hall–Kier alpha value is -0.910. The van der Waals surface area contributed by atoms with Crippen LogP contribution in [0.15, 0.2) is 22.7 Å². The number of carbonyl (C=O) groups excluding carboxylic acids is 1. The molecule has 0 atom stereocenters. The lowest BCUT2D eigenvalue weighted by atomic mass is 10.1. The molecular formula is C16H24BrN3O. The van der Waals surface area contributed by atoms with Crippen LogP contribution in [0.5, 0.6) is 0 Å². The van der Waals surface area contributed by atoms with Crippen LogP contribution in [0.2, 0.25) is 0 Å². The van der Waals surface area contributed by atoms with Gasteiger partial charge in [0.2, 0.25) is 0 Å². The number of rotatable bonds is 5. The molecule has 0 unspecified atom stereocenters. The van der Waals surface area contributed by atoms with Gasteiger partial charge in [0, 0.05) is 55.0 Å². The summed E-state index contributed by atoms with van der Waals surface area (Å²) in [5, 5.41) is 0. The Balaban J connectivity index is 1.93. The van der Waals surface area contributed by atoms with Gasteiger partial charge in [-0.2, -0.15) is 0 Å². The van der Waals surface area contributed by atoms with Crippen LogP contribution >= 0.6 is 15.9 Å². The van der Waals surface area contributed by atoms with Crippen LogP contribution in [0.25, 0.3) is 0 Å². The Morgan fingerprint density at radius 1 is 1.24 bits per heavy atom. The number of nitrogens with zero attached hydrogens (tertiary/aromatic N) is 3. The van der Waals surface area contributed by atoms with E-state index in [9.17, 15) is 4.79 Å². The van der Waals surface area contributed by atoms with E-state index in [1.54, 1.807) is 6.92 Å². The predicted octanol–water partition coefficient (Wildman–Crippen LogP) is 2.34. The SMILES string of the molecule is CC(=O)c1ccc(N2CCN(CCN(C)C)CC2)cc1Br. The van der Waals surface area contributed by atoms with Crippen molar-refractivity contribution < 1.29 is 4.79 Å². The molecule has 1 aromatic carbocycles. The minimum Gasteiger partial charge on any atom is -0.369 e. The molecule has 5 heteroatoms. The molecule has 2 rings (SSSR count). The Labute approximate surface area is 135 Å². The second kappa shape index (κ2) is 7.38. The first kappa shape index (κ1) is 16.5. The van der Waals surface area contributed by atoms with Crippen molar-refractivity contribution >= 4 is 27.4 Å². The number of Topliss-reactive ketones (excluding diaryl/α,β-unsaturated/α-hetero) is 1. The second-order valence-electron chi connectivity index (χ2n) is 5.85. The molecule has 0 aromatic heterocycles. The van der Waals surface area contributed by atoms with Crippen LogP contribution in [0.4, 0.5) is 5.69 Å². The molecule has 0 amide bonds. The summed E-state index contributed by atoms with van der Waals surface area (Å²) in [5.74, 6) is 0.0990. The zero-order valence-electron chi connectivity index (χ0n) is 13.1. The molecule has 1 fully saturated rings. The van der Waals surface area contributed by atoms with Gasteiger partial charge in [-0.05, 0) is 55.1 Å². The highest BCUT2D eigenvalue weighted by molar-refractivity contribution is 9.10. The number of likely N-dealkylation sites (N-methyl/N-ethyl adjacent to an activating group) is 1. The molecule has 1 aliphatic rings. The van der Waals surface area contributed by atoms with Gasteiger partial charge in [0.15, 0.2) is 5.78 Å². The first-order chi connectivity index (χ1) is 9.97. The van der Waals surface area contributed by atoms with Crippen molar-refractivity contribution in [3.63, 3.8) is 0 Å². The van der Waals surface area contributed by atoms with E-state index in [1.165, 1.54) is 5.69 Å². The summed E-state index contributed by atoms with van der Waals surface area (Å²) >= 11 is 3.50. The van der Waals surface area contributed by atoms with E-state index in [1.807, 2.05) is 6.07 Å². The fourth-order valence-corrected chi connectivity index (χ4v) is 3.20. The largest absolute Gasteiger partial charge is 0.369 e. The Kier molecular flexibility index (Phi) is 5.79. The van der Waals surface area contributed by atoms with Gasteiger partial charge in [0.25, 0.3) is 0 Å². The monoisotopic (exact) mass is 353 g/mol. The van der Waals surface area contributed by atoms with Gasteiger partial charge < -0.3 is 9.80 Å². The molecule has 0 saturated carbocycles. The summed E-state index contributed by atoms with van der Waals surface area (Å²) in [7, 11) is 4.23. The predicted molar refractivity (Wildman–Crippen MR) is 91.4 cm³/mol. The second-order valence-corrected chi connectivity index (χ2v) is 6.71. The van der Waals surface area contributed by atoms with Gasteiger partial charge in [-0.3, -0.25) is 9.69 Å². The fraction of sp³-hybridized carbons (Fsp3) is 0.562. The van der Waals surface area contributed by atoms with Gasteiger partial charge >= 0.3 is 0 Å². The molecule has 0 aliphatic carbocycles. The maximum Gasteiger partial charge on any atom is 0.160 e. The lowest BCUT2D eigenvalue weighted by Gasteiger charge is -2.36. The quantitative estimate of drug-likeness (QED) is 0.759. The number of benzene rings is 1. The number of anilines is 1. The van der Waals surface area contributed by atoms with Gasteiger partial charge in [-0.25, -0.2) is 0 Å². The van der Waals surface area contributed by atoms with Crippen molar-refractivity contribution in [3.05, 3.63) is 28.2 Å². The minimum atomic E-state index is 0.0990. The third kappa shape index (κ3) is 4.53. The highest BCUT2D eigenvalue weighted by Crippen LogP contribution is 2.25. The molecule has 0 radical (unpaired) electrons. The van der Waals surface area contributed by atoms with E-state index in [-0.39, 0.29) is 5.78 Å². The van der Waals surface area contributed by atoms with Crippen molar-refractivity contribution in [1.82, 2.24) is 9.80 Å². The summed E-state index contributed by atoms with van der Waals surface area (Å²) in [6.07, 6.45) is 0. The molecule has 21 heavy (non-hydrogen) atoms. The number of carbonyl (C=O) groups is 1. The van der Waals surface area contributed by atoms with Crippen LogP contribution in [0, 0.1) is 0 Å². The third-order valence-electron chi connectivity index (χ3n) is 3.93. The smallest absolute Gasteiger partial charge is 0.160 e. The molecule has 1 aliphatic heterocycles. The fourth-order valence-electron chi connectivity index (χ4n) is 2.56. The number of piperazine rings is 1. The van der Waals surface area contributed by atoms with Gasteiger partial charge in [0.1, 0.15) is 0 Å². The Bertz CT molecular complexity index is 496. The summed E-state index contributed by atoms with van der Waals surface area (Å²) in [5.41, 5.74) is 1.95. The van der Waals surface area contributed by atoms with Gasteiger partial charge in [-0.1, -0.05) is 0 Å². The van der Waals surface area contributed by atoms with E-state index < -0.39 is 0 Å². The van der Waals surface area contributed by atoms with Crippen molar-refractivity contribution in [3.8, 4) is 0 Å². The average molecular weight is 354 g/mol. The molecule has 0 bridgehead atoms. The maximum absolute atomic E-state index is 11.5.